The Labute approximate surface area is 90.8 Å². The first kappa shape index (κ1) is 14.3. The molecule has 0 amide bonds. The molecule has 0 bridgehead atoms. The number of carbonyl (C=O) groups excluding carboxylic acids is 1. The third kappa shape index (κ3) is 11.3. The van der Waals surface area contributed by atoms with E-state index in [0.29, 0.717) is 19.8 Å². The van der Waals surface area contributed by atoms with Crippen LogP contribution in [-0.4, -0.2) is 50.1 Å². The summed E-state index contributed by atoms with van der Waals surface area (Å²) in [4.78, 5) is 11.0. The molecule has 0 aliphatic rings. The first-order valence-corrected chi connectivity index (χ1v) is 5.25. The van der Waals surface area contributed by atoms with Crippen molar-refractivity contribution in [2.75, 3.05) is 32.9 Å². The van der Waals surface area contributed by atoms with Gasteiger partial charge in [0, 0.05) is 6.61 Å². The molecule has 0 unspecified atom stereocenters. The number of aliphatic hydroxyl groups is 1. The summed E-state index contributed by atoms with van der Waals surface area (Å²) < 4.78 is 9.98. The molecule has 0 aromatic rings. The van der Waals surface area contributed by atoms with Gasteiger partial charge in [0.25, 0.3) is 0 Å². The molecule has 5 heteroatoms. The van der Waals surface area contributed by atoms with E-state index in [2.05, 4.69) is 5.32 Å². The van der Waals surface area contributed by atoms with Crippen molar-refractivity contribution in [1.82, 2.24) is 5.32 Å². The van der Waals surface area contributed by atoms with E-state index >= 15 is 0 Å². The molecule has 0 radical (unpaired) electrons. The number of esters is 1. The maximum absolute atomic E-state index is 11.0. The van der Waals surface area contributed by atoms with Gasteiger partial charge < -0.3 is 19.9 Å². The molecule has 0 aliphatic carbocycles. The van der Waals surface area contributed by atoms with Crippen LogP contribution in [0.4, 0.5) is 0 Å². The van der Waals surface area contributed by atoms with Crippen molar-refractivity contribution in [2.24, 2.45) is 0 Å². The van der Waals surface area contributed by atoms with Crippen molar-refractivity contribution >= 4 is 5.97 Å². The van der Waals surface area contributed by atoms with Crippen molar-refractivity contribution in [1.29, 1.82) is 0 Å². The average molecular weight is 219 g/mol. The summed E-state index contributed by atoms with van der Waals surface area (Å²) in [6.07, 6.45) is 0.752. The van der Waals surface area contributed by atoms with E-state index in [1.807, 2.05) is 13.8 Å². The second-order valence-corrected chi connectivity index (χ2v) is 3.40. The summed E-state index contributed by atoms with van der Waals surface area (Å²) in [5, 5.41) is 11.4. The maximum atomic E-state index is 11.0. The van der Waals surface area contributed by atoms with Crippen molar-refractivity contribution in [3.8, 4) is 0 Å². The van der Waals surface area contributed by atoms with Gasteiger partial charge >= 0.3 is 5.97 Å². The highest BCUT2D eigenvalue weighted by atomic mass is 16.5. The Hall–Kier alpha value is -0.650. The fourth-order valence-corrected chi connectivity index (χ4v) is 0.961. The zero-order chi connectivity index (χ0) is 11.5. The predicted molar refractivity (Wildman–Crippen MR) is 56.6 cm³/mol. The molecule has 5 nitrogen and oxygen atoms in total. The van der Waals surface area contributed by atoms with E-state index in [0.717, 1.165) is 6.42 Å². The van der Waals surface area contributed by atoms with Crippen LogP contribution < -0.4 is 5.32 Å². The fraction of sp³-hybridized carbons (Fsp3) is 0.900. The first-order valence-electron chi connectivity index (χ1n) is 5.25. The Kier molecular flexibility index (Phi) is 9.46. The second-order valence-electron chi connectivity index (χ2n) is 3.40. The molecule has 0 heterocycles. The Morgan fingerprint density at radius 2 is 2.13 bits per heavy atom. The van der Waals surface area contributed by atoms with Crippen LogP contribution in [0.5, 0.6) is 0 Å². The molecule has 90 valence electrons. The molecule has 0 spiro atoms. The first-order chi connectivity index (χ1) is 7.16. The topological polar surface area (TPSA) is 67.8 Å². The van der Waals surface area contributed by atoms with Crippen LogP contribution in [0.3, 0.4) is 0 Å². The van der Waals surface area contributed by atoms with Gasteiger partial charge in [-0.2, -0.15) is 0 Å². The van der Waals surface area contributed by atoms with Gasteiger partial charge in [0.2, 0.25) is 0 Å². The number of hydrogen-bond acceptors (Lipinski definition) is 5. The molecule has 0 aromatic heterocycles. The summed E-state index contributed by atoms with van der Waals surface area (Å²) in [5.41, 5.74) is 0. The Bertz CT molecular complexity index is 162. The predicted octanol–water partition coefficient (Wildman–Crippen LogP) is -0.0734. The lowest BCUT2D eigenvalue weighted by molar-refractivity contribution is -0.146. The molecular formula is C10H21NO4. The van der Waals surface area contributed by atoms with E-state index in [-0.39, 0.29) is 25.2 Å². The number of rotatable bonds is 9. The van der Waals surface area contributed by atoms with Gasteiger partial charge in [0.15, 0.2) is 0 Å². The third-order valence-corrected chi connectivity index (χ3v) is 1.51. The third-order valence-electron chi connectivity index (χ3n) is 1.51. The SMILES string of the molecule is CC(C)OC(=O)CNCCCOCCO. The van der Waals surface area contributed by atoms with E-state index in [9.17, 15) is 4.79 Å². The zero-order valence-electron chi connectivity index (χ0n) is 9.49. The minimum atomic E-state index is -0.235. The smallest absolute Gasteiger partial charge is 0.320 e. The number of carbonyl (C=O) groups is 1. The van der Waals surface area contributed by atoms with Crippen molar-refractivity contribution in [3.63, 3.8) is 0 Å². The Morgan fingerprint density at radius 3 is 2.73 bits per heavy atom. The van der Waals surface area contributed by atoms with E-state index in [1.54, 1.807) is 0 Å². The minimum Gasteiger partial charge on any atom is -0.462 e. The zero-order valence-corrected chi connectivity index (χ0v) is 9.49. The Morgan fingerprint density at radius 1 is 1.40 bits per heavy atom. The van der Waals surface area contributed by atoms with Crippen LogP contribution in [0.1, 0.15) is 20.3 Å². The lowest BCUT2D eigenvalue weighted by Gasteiger charge is -2.08. The highest BCUT2D eigenvalue weighted by Crippen LogP contribution is 1.87. The average Bonchev–Trinajstić information content (AvgIpc) is 2.15. The van der Waals surface area contributed by atoms with Crippen LogP contribution in [0, 0.1) is 0 Å². The minimum absolute atomic E-state index is 0.0497. The number of hydrogen-bond donors (Lipinski definition) is 2. The summed E-state index contributed by atoms with van der Waals surface area (Å²) in [5.74, 6) is -0.235. The second kappa shape index (κ2) is 9.89. The van der Waals surface area contributed by atoms with Gasteiger partial charge in [-0.15, -0.1) is 0 Å². The Balaban J connectivity index is 3.13. The van der Waals surface area contributed by atoms with Gasteiger partial charge in [0.1, 0.15) is 0 Å². The van der Waals surface area contributed by atoms with Gasteiger partial charge in [-0.3, -0.25) is 4.79 Å². The number of ether oxygens (including phenoxy) is 2. The molecule has 0 saturated carbocycles. The van der Waals surface area contributed by atoms with Crippen LogP contribution >= 0.6 is 0 Å². The van der Waals surface area contributed by atoms with Crippen LogP contribution in [0.25, 0.3) is 0 Å². The monoisotopic (exact) mass is 219 g/mol. The van der Waals surface area contributed by atoms with E-state index < -0.39 is 0 Å². The highest BCUT2D eigenvalue weighted by Gasteiger charge is 2.03. The summed E-state index contributed by atoms with van der Waals surface area (Å²) >= 11 is 0. The quantitative estimate of drug-likeness (QED) is 0.419. The molecule has 0 rings (SSSR count). The molecule has 0 atom stereocenters. The number of nitrogens with one attached hydrogen (secondary N) is 1. The van der Waals surface area contributed by atoms with Crippen LogP contribution in [0.15, 0.2) is 0 Å². The van der Waals surface area contributed by atoms with Crippen molar-refractivity contribution < 1.29 is 19.4 Å². The molecule has 2 N–H and O–H groups in total. The van der Waals surface area contributed by atoms with Gasteiger partial charge in [-0.25, -0.2) is 0 Å². The lowest BCUT2D eigenvalue weighted by atomic mass is 10.4. The number of aliphatic hydroxyl groups excluding tert-OH is 1. The highest BCUT2D eigenvalue weighted by molar-refractivity contribution is 5.71. The van der Waals surface area contributed by atoms with Gasteiger partial charge in [0.05, 0.1) is 25.9 Å². The van der Waals surface area contributed by atoms with Gasteiger partial charge in [-0.05, 0) is 26.8 Å². The molecule has 0 aliphatic heterocycles. The molecule has 0 saturated heterocycles. The lowest BCUT2D eigenvalue weighted by Crippen LogP contribution is -2.27. The molecule has 0 aromatic carbocycles. The molecule has 15 heavy (non-hydrogen) atoms. The van der Waals surface area contributed by atoms with Crippen molar-refractivity contribution in [3.05, 3.63) is 0 Å². The van der Waals surface area contributed by atoms with Crippen molar-refractivity contribution in [2.45, 2.75) is 26.4 Å². The normalized spacial score (nSPS) is 10.7. The molecular weight excluding hydrogens is 198 g/mol. The van der Waals surface area contributed by atoms with Gasteiger partial charge in [-0.1, -0.05) is 0 Å². The van der Waals surface area contributed by atoms with Crippen LogP contribution in [0.2, 0.25) is 0 Å². The molecule has 0 fully saturated rings. The standard InChI is InChI=1S/C10H21NO4/c1-9(2)15-10(13)8-11-4-3-6-14-7-5-12/h9,11-12H,3-8H2,1-2H3. The fourth-order valence-electron chi connectivity index (χ4n) is 0.961. The summed E-state index contributed by atoms with van der Waals surface area (Å²) in [7, 11) is 0. The van der Waals surface area contributed by atoms with E-state index in [4.69, 9.17) is 14.6 Å². The summed E-state index contributed by atoms with van der Waals surface area (Å²) in [6.45, 7) is 5.59. The largest absolute Gasteiger partial charge is 0.462 e. The van der Waals surface area contributed by atoms with Crippen LogP contribution in [-0.2, 0) is 14.3 Å². The summed E-state index contributed by atoms with van der Waals surface area (Å²) in [6, 6.07) is 0. The van der Waals surface area contributed by atoms with E-state index in [1.165, 1.54) is 0 Å². The maximum Gasteiger partial charge on any atom is 0.320 e.